The van der Waals surface area contributed by atoms with Crippen molar-refractivity contribution in [2.45, 2.75) is 58.4 Å². The van der Waals surface area contributed by atoms with Crippen LogP contribution in [0.25, 0.3) is 0 Å². The van der Waals surface area contributed by atoms with Crippen LogP contribution in [-0.2, 0) is 0 Å². The zero-order chi connectivity index (χ0) is 14.8. The van der Waals surface area contributed by atoms with Crippen molar-refractivity contribution in [3.05, 3.63) is 39.9 Å². The zero-order valence-corrected chi connectivity index (χ0v) is 12.4. The third kappa shape index (κ3) is 6.45. The quantitative estimate of drug-likeness (QED) is 0.282. The van der Waals surface area contributed by atoms with Crippen LogP contribution in [0.5, 0.6) is 0 Å². The molecule has 1 atom stereocenters. The lowest BCUT2D eigenvalue weighted by atomic mass is 10.1. The average Bonchev–Trinajstić information content (AvgIpc) is 2.45. The van der Waals surface area contributed by atoms with E-state index in [9.17, 15) is 10.1 Å². The van der Waals surface area contributed by atoms with E-state index < -0.39 is 0 Å². The lowest BCUT2D eigenvalue weighted by Gasteiger charge is -2.05. The topological polar surface area (TPSA) is 55.5 Å². The molecule has 0 N–H and O–H groups in total. The molecule has 0 radical (unpaired) electrons. The van der Waals surface area contributed by atoms with Crippen LogP contribution >= 0.6 is 0 Å². The van der Waals surface area contributed by atoms with E-state index in [1.165, 1.54) is 44.2 Å². The Morgan fingerprint density at radius 1 is 1.20 bits per heavy atom. The van der Waals surface area contributed by atoms with Gasteiger partial charge in [0.25, 0.3) is 5.69 Å². The molecule has 110 valence electrons. The number of nitro benzene ring substituents is 1. The molecule has 0 aromatic heterocycles. The maximum atomic E-state index is 10.5. The minimum atomic E-state index is -0.389. The highest BCUT2D eigenvalue weighted by Crippen LogP contribution is 2.12. The van der Waals surface area contributed by atoms with Gasteiger partial charge in [-0.15, -0.1) is 0 Å². The Kier molecular flexibility index (Phi) is 7.55. The molecule has 0 bridgehead atoms. The second kappa shape index (κ2) is 9.23. The van der Waals surface area contributed by atoms with Gasteiger partial charge in [0.2, 0.25) is 0 Å². The van der Waals surface area contributed by atoms with Gasteiger partial charge in [0.1, 0.15) is 0 Å². The summed E-state index contributed by atoms with van der Waals surface area (Å²) in [5.41, 5.74) is 1.03. The molecule has 20 heavy (non-hydrogen) atoms. The van der Waals surface area contributed by atoms with Crippen LogP contribution in [0.15, 0.2) is 29.3 Å². The Morgan fingerprint density at radius 2 is 1.85 bits per heavy atom. The lowest BCUT2D eigenvalue weighted by Crippen LogP contribution is -1.98. The molecule has 1 aromatic rings. The van der Waals surface area contributed by atoms with Gasteiger partial charge in [-0.1, -0.05) is 39.0 Å². The van der Waals surface area contributed by atoms with Crippen LogP contribution in [0.1, 0.15) is 57.9 Å². The molecule has 4 heteroatoms. The van der Waals surface area contributed by atoms with Crippen molar-refractivity contribution in [1.29, 1.82) is 0 Å². The first-order valence-corrected chi connectivity index (χ1v) is 7.41. The van der Waals surface area contributed by atoms with Crippen LogP contribution in [-0.4, -0.2) is 17.2 Å². The fraction of sp³-hybridized carbons (Fsp3) is 0.562. The maximum Gasteiger partial charge on any atom is 0.269 e. The van der Waals surface area contributed by atoms with E-state index in [-0.39, 0.29) is 10.6 Å². The number of unbranched alkanes of at least 4 members (excludes halogenated alkanes) is 4. The normalized spacial score (nSPS) is 12.7. The molecule has 1 rings (SSSR count). The third-order valence-corrected chi connectivity index (χ3v) is 3.31. The molecule has 0 aliphatic heterocycles. The van der Waals surface area contributed by atoms with E-state index in [2.05, 4.69) is 18.8 Å². The summed E-state index contributed by atoms with van der Waals surface area (Å²) in [6, 6.07) is 6.80. The summed E-state index contributed by atoms with van der Waals surface area (Å²) < 4.78 is 0. The Bertz CT molecular complexity index is 427. The summed E-state index contributed by atoms with van der Waals surface area (Å²) in [5, 5.41) is 10.5. The predicted molar refractivity (Wildman–Crippen MR) is 83.5 cm³/mol. The van der Waals surface area contributed by atoms with E-state index in [1.807, 2.05) is 0 Å². The second-order valence-corrected chi connectivity index (χ2v) is 5.18. The van der Waals surface area contributed by atoms with Crippen molar-refractivity contribution in [1.82, 2.24) is 0 Å². The van der Waals surface area contributed by atoms with Gasteiger partial charge in [0.05, 0.1) is 4.92 Å². The van der Waals surface area contributed by atoms with Gasteiger partial charge < -0.3 is 0 Å². The summed E-state index contributed by atoms with van der Waals surface area (Å²) in [6.45, 7) is 4.33. The molecule has 0 spiro atoms. The maximum absolute atomic E-state index is 10.5. The number of nitrogens with zero attached hydrogens (tertiary/aromatic N) is 2. The van der Waals surface area contributed by atoms with Gasteiger partial charge in [-0.05, 0) is 31.0 Å². The van der Waals surface area contributed by atoms with Crippen LogP contribution in [0.4, 0.5) is 5.69 Å². The van der Waals surface area contributed by atoms with Crippen molar-refractivity contribution in [2.75, 3.05) is 0 Å². The van der Waals surface area contributed by atoms with Crippen molar-refractivity contribution in [2.24, 2.45) is 4.99 Å². The highest BCUT2D eigenvalue weighted by atomic mass is 16.6. The fourth-order valence-corrected chi connectivity index (χ4v) is 2.01. The monoisotopic (exact) mass is 276 g/mol. The first kappa shape index (κ1) is 16.3. The van der Waals surface area contributed by atoms with Gasteiger partial charge >= 0.3 is 0 Å². The standard InChI is InChI=1S/C16H24N2O2/c1-3-4-5-6-7-8-14(2)17-13-15-9-11-16(12-10-15)18(19)20/h9-14H,3-8H2,1-2H3. The zero-order valence-electron chi connectivity index (χ0n) is 12.4. The van der Waals surface area contributed by atoms with Gasteiger partial charge in [0, 0.05) is 24.4 Å². The summed E-state index contributed by atoms with van der Waals surface area (Å²) >= 11 is 0. The van der Waals surface area contributed by atoms with E-state index in [0.717, 1.165) is 12.0 Å². The molecule has 0 saturated heterocycles. The number of benzene rings is 1. The summed E-state index contributed by atoms with van der Waals surface area (Å²) in [5.74, 6) is 0. The summed E-state index contributed by atoms with van der Waals surface area (Å²) in [7, 11) is 0. The fourth-order valence-electron chi connectivity index (χ4n) is 2.01. The largest absolute Gasteiger partial charge is 0.290 e. The van der Waals surface area contributed by atoms with Gasteiger partial charge in [0.15, 0.2) is 0 Å². The second-order valence-electron chi connectivity index (χ2n) is 5.18. The molecule has 0 fully saturated rings. The average molecular weight is 276 g/mol. The molecule has 0 aliphatic rings. The van der Waals surface area contributed by atoms with E-state index in [1.54, 1.807) is 18.3 Å². The van der Waals surface area contributed by atoms with Crippen molar-refractivity contribution in [3.8, 4) is 0 Å². The van der Waals surface area contributed by atoms with Crippen LogP contribution in [0.2, 0.25) is 0 Å². The number of hydrogen-bond donors (Lipinski definition) is 0. The van der Waals surface area contributed by atoms with Crippen LogP contribution in [0, 0.1) is 10.1 Å². The van der Waals surface area contributed by atoms with E-state index >= 15 is 0 Å². The Morgan fingerprint density at radius 3 is 2.45 bits per heavy atom. The third-order valence-electron chi connectivity index (χ3n) is 3.31. The Labute approximate surface area is 121 Å². The van der Waals surface area contributed by atoms with Crippen LogP contribution in [0.3, 0.4) is 0 Å². The predicted octanol–water partition coefficient (Wildman–Crippen LogP) is 4.76. The molecule has 0 heterocycles. The Hall–Kier alpha value is -1.71. The van der Waals surface area contributed by atoms with Gasteiger partial charge in [-0.25, -0.2) is 0 Å². The molecule has 0 aliphatic carbocycles. The van der Waals surface area contributed by atoms with Gasteiger partial charge in [-0.2, -0.15) is 0 Å². The van der Waals surface area contributed by atoms with Crippen molar-refractivity contribution >= 4 is 11.9 Å². The minimum absolute atomic E-state index is 0.117. The van der Waals surface area contributed by atoms with Crippen molar-refractivity contribution in [3.63, 3.8) is 0 Å². The highest BCUT2D eigenvalue weighted by Gasteiger charge is 2.03. The lowest BCUT2D eigenvalue weighted by molar-refractivity contribution is -0.384. The summed E-state index contributed by atoms with van der Waals surface area (Å²) in [6.07, 6.45) is 9.32. The Balaban J connectivity index is 2.33. The molecule has 0 amide bonds. The molecular weight excluding hydrogens is 252 g/mol. The SMILES string of the molecule is CCCCCCCC(C)N=Cc1ccc([N+](=O)[O-])cc1. The molecular formula is C16H24N2O2. The molecule has 0 saturated carbocycles. The minimum Gasteiger partial charge on any atom is -0.290 e. The first-order valence-electron chi connectivity index (χ1n) is 7.41. The van der Waals surface area contributed by atoms with Crippen molar-refractivity contribution < 1.29 is 4.92 Å². The highest BCUT2D eigenvalue weighted by molar-refractivity contribution is 5.80. The number of rotatable bonds is 9. The first-order chi connectivity index (χ1) is 9.63. The van der Waals surface area contributed by atoms with Gasteiger partial charge in [-0.3, -0.25) is 15.1 Å². The van der Waals surface area contributed by atoms with E-state index in [4.69, 9.17) is 0 Å². The number of non-ortho nitro benzene ring substituents is 1. The number of nitro groups is 1. The van der Waals surface area contributed by atoms with Crippen LogP contribution < -0.4 is 0 Å². The number of hydrogen-bond acceptors (Lipinski definition) is 3. The molecule has 1 aromatic carbocycles. The summed E-state index contributed by atoms with van der Waals surface area (Å²) in [4.78, 5) is 14.6. The molecule has 4 nitrogen and oxygen atoms in total. The number of aliphatic imine (C=N–C) groups is 1. The molecule has 1 unspecified atom stereocenters. The smallest absolute Gasteiger partial charge is 0.269 e. The van der Waals surface area contributed by atoms with E-state index in [0.29, 0.717) is 6.04 Å².